The van der Waals surface area contributed by atoms with E-state index in [0.29, 0.717) is 0 Å². The molecule has 0 saturated heterocycles. The molecule has 1 rings (SSSR count). The maximum absolute atomic E-state index is 11.4. The lowest BCUT2D eigenvalue weighted by molar-refractivity contribution is 0.0102. The molecule has 0 aromatic carbocycles. The van der Waals surface area contributed by atoms with Crippen LogP contribution in [-0.2, 0) is 4.74 Å². The number of alkyl carbamates (subject to hydrolysis) is 1. The normalized spacial score (nSPS) is 14.3. The van der Waals surface area contributed by atoms with E-state index in [0.717, 1.165) is 0 Å². The SMILES string of the molecule is CC(C)(C)OC(=O)NCCC(O)C(O)c1nc(Cl)cnc1N. The topological polar surface area (TPSA) is 131 Å². The van der Waals surface area contributed by atoms with Gasteiger partial charge in [-0.25, -0.2) is 14.8 Å². The Morgan fingerprint density at radius 3 is 2.73 bits per heavy atom. The van der Waals surface area contributed by atoms with Crippen LogP contribution in [0.1, 0.15) is 39.0 Å². The smallest absolute Gasteiger partial charge is 0.407 e. The zero-order valence-corrected chi connectivity index (χ0v) is 13.5. The van der Waals surface area contributed by atoms with Crippen LogP contribution in [0.2, 0.25) is 5.15 Å². The Balaban J connectivity index is 2.50. The van der Waals surface area contributed by atoms with Crippen molar-refractivity contribution in [3.63, 3.8) is 0 Å². The van der Waals surface area contributed by atoms with E-state index in [-0.39, 0.29) is 29.6 Å². The highest BCUT2D eigenvalue weighted by Gasteiger charge is 2.23. The van der Waals surface area contributed by atoms with E-state index in [1.54, 1.807) is 20.8 Å². The third-order valence-corrected chi connectivity index (χ3v) is 2.73. The Morgan fingerprint density at radius 1 is 1.50 bits per heavy atom. The van der Waals surface area contributed by atoms with Crippen LogP contribution in [0, 0.1) is 0 Å². The summed E-state index contributed by atoms with van der Waals surface area (Å²) in [5, 5.41) is 22.5. The van der Waals surface area contributed by atoms with Crippen LogP contribution in [0.25, 0.3) is 0 Å². The molecule has 124 valence electrons. The summed E-state index contributed by atoms with van der Waals surface area (Å²) < 4.78 is 5.05. The molecule has 5 N–H and O–H groups in total. The average molecular weight is 333 g/mol. The Kier molecular flexibility index (Phi) is 6.34. The van der Waals surface area contributed by atoms with Crippen LogP contribution in [0.3, 0.4) is 0 Å². The van der Waals surface area contributed by atoms with Crippen molar-refractivity contribution in [1.29, 1.82) is 0 Å². The molecule has 2 unspecified atom stereocenters. The fourth-order valence-corrected chi connectivity index (χ4v) is 1.72. The molecule has 0 aliphatic carbocycles. The zero-order valence-electron chi connectivity index (χ0n) is 12.7. The van der Waals surface area contributed by atoms with Crippen molar-refractivity contribution in [3.05, 3.63) is 17.0 Å². The van der Waals surface area contributed by atoms with Crippen LogP contribution in [-0.4, -0.2) is 44.5 Å². The lowest BCUT2D eigenvalue weighted by Gasteiger charge is -2.21. The molecule has 2 atom stereocenters. The molecule has 0 saturated carbocycles. The second kappa shape index (κ2) is 7.57. The minimum absolute atomic E-state index is 0.00253. The third-order valence-electron chi connectivity index (χ3n) is 2.55. The number of hydrogen-bond donors (Lipinski definition) is 4. The van der Waals surface area contributed by atoms with Gasteiger partial charge in [0, 0.05) is 6.54 Å². The van der Waals surface area contributed by atoms with E-state index in [1.165, 1.54) is 6.20 Å². The van der Waals surface area contributed by atoms with Gasteiger partial charge in [0.15, 0.2) is 0 Å². The molecule has 0 fully saturated rings. The Morgan fingerprint density at radius 2 is 2.14 bits per heavy atom. The molecule has 0 bridgehead atoms. The van der Waals surface area contributed by atoms with Crippen molar-refractivity contribution in [1.82, 2.24) is 15.3 Å². The lowest BCUT2D eigenvalue weighted by Crippen LogP contribution is -2.34. The number of anilines is 1. The van der Waals surface area contributed by atoms with E-state index < -0.39 is 23.9 Å². The summed E-state index contributed by atoms with van der Waals surface area (Å²) in [6.45, 7) is 5.34. The van der Waals surface area contributed by atoms with Gasteiger partial charge in [0.1, 0.15) is 28.4 Å². The molecular weight excluding hydrogens is 312 g/mol. The number of nitrogen functional groups attached to an aromatic ring is 1. The molecule has 1 amide bonds. The lowest BCUT2D eigenvalue weighted by atomic mass is 10.1. The predicted octanol–water partition coefficient (Wildman–Crippen LogP) is 1.02. The van der Waals surface area contributed by atoms with Crippen LogP contribution in [0.4, 0.5) is 10.6 Å². The van der Waals surface area contributed by atoms with Crippen LogP contribution in [0.5, 0.6) is 0 Å². The number of aromatic nitrogens is 2. The quantitative estimate of drug-likeness (QED) is 0.633. The first-order valence-corrected chi connectivity index (χ1v) is 7.09. The maximum Gasteiger partial charge on any atom is 0.407 e. The van der Waals surface area contributed by atoms with Crippen molar-refractivity contribution >= 4 is 23.5 Å². The Labute approximate surface area is 133 Å². The predicted molar refractivity (Wildman–Crippen MR) is 81.3 cm³/mol. The number of carbonyl (C=O) groups is 1. The summed E-state index contributed by atoms with van der Waals surface area (Å²) >= 11 is 5.68. The van der Waals surface area contributed by atoms with Gasteiger partial charge in [-0.2, -0.15) is 0 Å². The number of rotatable bonds is 5. The number of aliphatic hydroxyl groups excluding tert-OH is 2. The van der Waals surface area contributed by atoms with E-state index >= 15 is 0 Å². The number of nitrogens with one attached hydrogen (secondary N) is 1. The number of amides is 1. The molecule has 0 radical (unpaired) electrons. The number of halogens is 1. The van der Waals surface area contributed by atoms with Crippen molar-refractivity contribution in [3.8, 4) is 0 Å². The largest absolute Gasteiger partial charge is 0.444 e. The first kappa shape index (κ1) is 18.4. The number of hydrogen-bond acceptors (Lipinski definition) is 7. The van der Waals surface area contributed by atoms with Crippen molar-refractivity contribution in [2.45, 2.75) is 45.0 Å². The highest BCUT2D eigenvalue weighted by Crippen LogP contribution is 2.22. The molecule has 9 heteroatoms. The average Bonchev–Trinajstić information content (AvgIpc) is 2.38. The summed E-state index contributed by atoms with van der Waals surface area (Å²) in [6.07, 6.45) is -1.83. The Bertz CT molecular complexity index is 521. The van der Waals surface area contributed by atoms with Gasteiger partial charge in [0.2, 0.25) is 0 Å². The van der Waals surface area contributed by atoms with Gasteiger partial charge >= 0.3 is 6.09 Å². The zero-order chi connectivity index (χ0) is 16.9. The van der Waals surface area contributed by atoms with Crippen LogP contribution < -0.4 is 11.1 Å². The van der Waals surface area contributed by atoms with Crippen LogP contribution >= 0.6 is 11.6 Å². The van der Waals surface area contributed by atoms with Gasteiger partial charge in [-0.15, -0.1) is 0 Å². The molecule has 1 heterocycles. The minimum atomic E-state index is -1.35. The van der Waals surface area contributed by atoms with Gasteiger partial charge in [-0.1, -0.05) is 11.6 Å². The molecule has 1 aromatic heterocycles. The highest BCUT2D eigenvalue weighted by molar-refractivity contribution is 6.29. The fourth-order valence-electron chi connectivity index (χ4n) is 1.58. The molecule has 22 heavy (non-hydrogen) atoms. The maximum atomic E-state index is 11.4. The van der Waals surface area contributed by atoms with Gasteiger partial charge in [-0.05, 0) is 27.2 Å². The number of nitrogens with two attached hydrogens (primary N) is 1. The van der Waals surface area contributed by atoms with Gasteiger partial charge in [0.25, 0.3) is 0 Å². The van der Waals surface area contributed by atoms with E-state index in [2.05, 4.69) is 15.3 Å². The third kappa shape index (κ3) is 6.00. The summed E-state index contributed by atoms with van der Waals surface area (Å²) in [5.74, 6) is -0.0175. The van der Waals surface area contributed by atoms with Crippen molar-refractivity contribution in [2.24, 2.45) is 0 Å². The Hall–Kier alpha value is -1.64. The number of ether oxygens (including phenoxy) is 1. The number of nitrogens with zero attached hydrogens (tertiary/aromatic N) is 2. The van der Waals surface area contributed by atoms with Gasteiger partial charge in [-0.3, -0.25) is 0 Å². The highest BCUT2D eigenvalue weighted by atomic mass is 35.5. The molecule has 1 aromatic rings. The second-order valence-electron chi connectivity index (χ2n) is 5.69. The summed E-state index contributed by atoms with van der Waals surface area (Å²) in [6, 6.07) is 0. The number of carbonyl (C=O) groups excluding carboxylic acids is 1. The van der Waals surface area contributed by atoms with Crippen LogP contribution in [0.15, 0.2) is 6.20 Å². The first-order valence-electron chi connectivity index (χ1n) is 6.71. The van der Waals surface area contributed by atoms with E-state index in [9.17, 15) is 15.0 Å². The molecule has 8 nitrogen and oxygen atoms in total. The molecule has 0 aliphatic heterocycles. The first-order chi connectivity index (χ1) is 10.1. The summed E-state index contributed by atoms with van der Waals surface area (Å²) in [4.78, 5) is 19.0. The molecular formula is C13H21ClN4O4. The standard InChI is InChI=1S/C13H21ClN4O4/c1-13(2,3)22-12(21)16-5-4-7(19)10(20)9-11(15)17-6-8(14)18-9/h6-7,10,19-20H,4-5H2,1-3H3,(H2,15,17)(H,16,21). The second-order valence-corrected chi connectivity index (χ2v) is 6.08. The van der Waals surface area contributed by atoms with E-state index in [1.807, 2.05) is 0 Å². The number of aliphatic hydroxyl groups is 2. The van der Waals surface area contributed by atoms with Crippen molar-refractivity contribution in [2.75, 3.05) is 12.3 Å². The van der Waals surface area contributed by atoms with Gasteiger partial charge in [0.05, 0.1) is 12.3 Å². The monoisotopic (exact) mass is 332 g/mol. The van der Waals surface area contributed by atoms with Crippen molar-refractivity contribution < 1.29 is 19.7 Å². The fraction of sp³-hybridized carbons (Fsp3) is 0.615. The molecule has 0 spiro atoms. The summed E-state index contributed by atoms with van der Waals surface area (Å²) in [5.41, 5.74) is 4.97. The minimum Gasteiger partial charge on any atom is -0.444 e. The molecule has 0 aliphatic rings. The van der Waals surface area contributed by atoms with E-state index in [4.69, 9.17) is 22.1 Å². The summed E-state index contributed by atoms with van der Waals surface area (Å²) in [7, 11) is 0. The van der Waals surface area contributed by atoms with Gasteiger partial charge < -0.3 is 26.0 Å².